The Bertz CT molecular complexity index is 601. The predicted octanol–water partition coefficient (Wildman–Crippen LogP) is 3.67. The van der Waals surface area contributed by atoms with E-state index in [0.717, 1.165) is 6.66 Å². The molecule has 2 rings (SSSR count). The summed E-state index contributed by atoms with van der Waals surface area (Å²) in [7, 11) is -3.71. The maximum atomic E-state index is 14.8. The van der Waals surface area contributed by atoms with E-state index in [9.17, 15) is 13.8 Å². The van der Waals surface area contributed by atoms with Crippen molar-refractivity contribution in [3.8, 4) is 0 Å². The van der Waals surface area contributed by atoms with E-state index in [1.807, 2.05) is 6.07 Å². The predicted molar refractivity (Wildman–Crippen MR) is 83.9 cm³/mol. The van der Waals surface area contributed by atoms with Crippen LogP contribution in [0.4, 0.5) is 4.39 Å². The first-order valence-corrected chi connectivity index (χ1v) is 9.30. The Labute approximate surface area is 131 Å². The molecule has 0 aliphatic carbocycles. The lowest BCUT2D eigenvalue weighted by Crippen LogP contribution is -2.32. The monoisotopic (exact) mass is 329 g/mol. The van der Waals surface area contributed by atoms with Crippen LogP contribution in [0.2, 0.25) is 0 Å². The molecule has 6 heteroatoms. The third-order valence-corrected chi connectivity index (χ3v) is 3.89. The molecule has 0 saturated carbocycles. The van der Waals surface area contributed by atoms with Gasteiger partial charge in [-0.05, 0) is 31.3 Å². The van der Waals surface area contributed by atoms with Crippen molar-refractivity contribution in [2.24, 2.45) is 0 Å². The number of ether oxygens (including phenoxy) is 2. The van der Waals surface area contributed by atoms with E-state index in [1.54, 1.807) is 38.1 Å². The Kier molecular flexibility index (Phi) is 5.09. The lowest BCUT2D eigenvalue weighted by atomic mass is 10.0. The zero-order valence-electron chi connectivity index (χ0n) is 13.8. The number of rotatable bonds is 5. The summed E-state index contributed by atoms with van der Waals surface area (Å²) in [6, 6.07) is 8.92. The number of hydrogen-bond acceptors (Lipinski definition) is 3. The standard InChI is InChI=1S/C16H22FO4P/c1-11(2)20-16-13(9-10-22(3,18)19)21-15(14(16)17)12-7-5-4-6-8-12/h4-11,13-16H,1-3H3,(H,18,19)/b10-9+/t13-,14+,15+,16-/m1/s1/i10D. The second-order valence-electron chi connectivity index (χ2n) is 5.70. The average molecular weight is 329 g/mol. The van der Waals surface area contributed by atoms with Crippen molar-refractivity contribution in [3.05, 3.63) is 47.8 Å². The molecular weight excluding hydrogens is 306 g/mol. The van der Waals surface area contributed by atoms with Crippen LogP contribution in [0.1, 0.15) is 26.9 Å². The molecule has 122 valence electrons. The maximum Gasteiger partial charge on any atom is 0.219 e. The summed E-state index contributed by atoms with van der Waals surface area (Å²) in [6.45, 7) is 4.63. The fourth-order valence-corrected chi connectivity index (χ4v) is 2.82. The van der Waals surface area contributed by atoms with E-state index >= 15 is 0 Å². The maximum absolute atomic E-state index is 14.8. The Morgan fingerprint density at radius 1 is 1.45 bits per heavy atom. The Balaban J connectivity index is 2.30. The van der Waals surface area contributed by atoms with Gasteiger partial charge in [-0.2, -0.15) is 0 Å². The zero-order valence-corrected chi connectivity index (χ0v) is 13.7. The molecule has 1 N–H and O–H groups in total. The van der Waals surface area contributed by atoms with E-state index in [-0.39, 0.29) is 6.10 Å². The normalized spacial score (nSPS) is 32.8. The smallest absolute Gasteiger partial charge is 0.219 e. The van der Waals surface area contributed by atoms with Gasteiger partial charge in [-0.25, -0.2) is 4.39 Å². The summed E-state index contributed by atoms with van der Waals surface area (Å²) in [5, 5.41) is 0. The van der Waals surface area contributed by atoms with Crippen molar-refractivity contribution in [1.29, 1.82) is 0 Å². The van der Waals surface area contributed by atoms with E-state index in [0.29, 0.717) is 5.56 Å². The largest absolute Gasteiger partial charge is 0.369 e. The van der Waals surface area contributed by atoms with Crippen molar-refractivity contribution >= 4 is 7.37 Å². The molecule has 1 fully saturated rings. The molecule has 0 bridgehead atoms. The molecule has 1 aromatic rings. The number of alkyl halides is 1. The molecule has 0 spiro atoms. The van der Waals surface area contributed by atoms with Crippen LogP contribution in [0.5, 0.6) is 0 Å². The Morgan fingerprint density at radius 3 is 2.64 bits per heavy atom. The quantitative estimate of drug-likeness (QED) is 0.838. The van der Waals surface area contributed by atoms with Gasteiger partial charge in [0.1, 0.15) is 18.3 Å². The van der Waals surface area contributed by atoms with Gasteiger partial charge in [-0.3, -0.25) is 4.57 Å². The highest BCUT2D eigenvalue weighted by molar-refractivity contribution is 7.60. The third-order valence-electron chi connectivity index (χ3n) is 3.27. The molecule has 0 radical (unpaired) electrons. The first-order chi connectivity index (χ1) is 10.7. The minimum atomic E-state index is -3.71. The van der Waals surface area contributed by atoms with Crippen molar-refractivity contribution in [2.45, 2.75) is 44.4 Å². The number of hydrogen-bond donors (Lipinski definition) is 1. The zero-order chi connectivity index (χ0) is 17.2. The Morgan fingerprint density at radius 2 is 2.09 bits per heavy atom. The highest BCUT2D eigenvalue weighted by atomic mass is 31.2. The van der Waals surface area contributed by atoms with Gasteiger partial charge >= 0.3 is 0 Å². The fraction of sp³-hybridized carbons (Fsp3) is 0.500. The number of halogens is 1. The van der Waals surface area contributed by atoms with Crippen LogP contribution in [0.25, 0.3) is 0 Å². The van der Waals surface area contributed by atoms with Crippen LogP contribution in [-0.2, 0) is 14.0 Å². The SMILES string of the molecule is [2H]/C(=C\[C@H]1O[C@@H](c2ccccc2)[C@H](F)[C@@H]1OC(C)C)P(C)(=O)O. The minimum absolute atomic E-state index is 0.232. The van der Waals surface area contributed by atoms with Gasteiger partial charge in [0, 0.05) is 6.66 Å². The summed E-state index contributed by atoms with van der Waals surface area (Å²) < 4.78 is 45.4. The van der Waals surface area contributed by atoms with Gasteiger partial charge in [0.15, 0.2) is 6.17 Å². The van der Waals surface area contributed by atoms with Gasteiger partial charge in [0.05, 0.1) is 7.47 Å². The van der Waals surface area contributed by atoms with E-state index in [1.165, 1.54) is 6.08 Å². The molecule has 4 nitrogen and oxygen atoms in total. The van der Waals surface area contributed by atoms with Gasteiger partial charge in [0.25, 0.3) is 0 Å². The minimum Gasteiger partial charge on any atom is -0.369 e. The van der Waals surface area contributed by atoms with Crippen molar-refractivity contribution in [1.82, 2.24) is 0 Å². The highest BCUT2D eigenvalue weighted by Gasteiger charge is 2.45. The molecule has 5 atom stereocenters. The first-order valence-electron chi connectivity index (χ1n) is 7.69. The average Bonchev–Trinajstić information content (AvgIpc) is 2.76. The molecule has 1 saturated heterocycles. The summed E-state index contributed by atoms with van der Waals surface area (Å²) in [5.41, 5.74) is 0.670. The summed E-state index contributed by atoms with van der Waals surface area (Å²) in [5.74, 6) is -0.458. The molecule has 1 aromatic carbocycles. The third kappa shape index (κ3) is 4.50. The van der Waals surface area contributed by atoms with Crippen molar-refractivity contribution in [2.75, 3.05) is 6.66 Å². The second-order valence-corrected chi connectivity index (χ2v) is 7.72. The molecule has 1 aliphatic rings. The highest BCUT2D eigenvalue weighted by Crippen LogP contribution is 2.41. The molecule has 1 unspecified atom stereocenters. The molecule has 0 amide bonds. The van der Waals surface area contributed by atoms with E-state index < -0.39 is 37.6 Å². The summed E-state index contributed by atoms with van der Waals surface area (Å²) in [6.07, 6.45) is -3.11. The summed E-state index contributed by atoms with van der Waals surface area (Å²) in [4.78, 5) is 9.47. The van der Waals surface area contributed by atoms with Gasteiger partial charge in [0.2, 0.25) is 7.37 Å². The lowest BCUT2D eigenvalue weighted by molar-refractivity contribution is -0.0387. The number of benzene rings is 1. The molecule has 1 heterocycles. The van der Waals surface area contributed by atoms with Crippen LogP contribution in [-0.4, -0.2) is 36.0 Å². The second kappa shape index (κ2) is 7.05. The van der Waals surface area contributed by atoms with Crippen molar-refractivity contribution < 1.29 is 24.7 Å². The molecule has 0 aromatic heterocycles. The molecular formula is C16H22FO4P. The van der Waals surface area contributed by atoms with E-state index in [4.69, 9.17) is 10.8 Å². The van der Waals surface area contributed by atoms with Crippen molar-refractivity contribution in [3.63, 3.8) is 0 Å². The van der Waals surface area contributed by atoms with Crippen LogP contribution < -0.4 is 0 Å². The molecule has 22 heavy (non-hydrogen) atoms. The van der Waals surface area contributed by atoms with Gasteiger partial charge in [-0.15, -0.1) is 0 Å². The lowest BCUT2D eigenvalue weighted by Gasteiger charge is -2.20. The molecule has 1 aliphatic heterocycles. The topological polar surface area (TPSA) is 55.8 Å². The van der Waals surface area contributed by atoms with Gasteiger partial charge < -0.3 is 14.4 Å². The van der Waals surface area contributed by atoms with Crippen LogP contribution in [0.3, 0.4) is 0 Å². The fourth-order valence-electron chi connectivity index (χ4n) is 2.39. The van der Waals surface area contributed by atoms with Crippen LogP contribution >= 0.6 is 7.37 Å². The van der Waals surface area contributed by atoms with Crippen LogP contribution in [0.15, 0.2) is 42.2 Å². The Hall–Kier alpha value is -1.00. The van der Waals surface area contributed by atoms with E-state index in [2.05, 4.69) is 0 Å². The summed E-state index contributed by atoms with van der Waals surface area (Å²) >= 11 is 0. The van der Waals surface area contributed by atoms with Gasteiger partial charge in [-0.1, -0.05) is 30.3 Å². The van der Waals surface area contributed by atoms with Crippen LogP contribution in [0, 0.1) is 0 Å². The first kappa shape index (κ1) is 15.9.